The summed E-state index contributed by atoms with van der Waals surface area (Å²) in [5, 5.41) is -0.0833. The summed E-state index contributed by atoms with van der Waals surface area (Å²) in [6, 6.07) is 0. The van der Waals surface area contributed by atoms with Gasteiger partial charge in [0.25, 0.3) is 6.43 Å². The van der Waals surface area contributed by atoms with Crippen molar-refractivity contribution in [3.05, 3.63) is 22.5 Å². The lowest BCUT2D eigenvalue weighted by molar-refractivity contribution is 0.145. The summed E-state index contributed by atoms with van der Waals surface area (Å²) in [5.74, 6) is -0.107. The van der Waals surface area contributed by atoms with E-state index in [0.29, 0.717) is 0 Å². The van der Waals surface area contributed by atoms with Gasteiger partial charge in [0.15, 0.2) is 10.9 Å². The molecule has 78 valence electrons. The average Bonchev–Trinajstić information content (AvgIpc) is 2.17. The Morgan fingerprint density at radius 1 is 1.64 bits per heavy atom. The zero-order valence-electron chi connectivity index (χ0n) is 7.43. The third kappa shape index (κ3) is 1.93. The van der Waals surface area contributed by atoms with Crippen molar-refractivity contribution in [2.24, 2.45) is 5.73 Å². The molecule has 0 fully saturated rings. The van der Waals surface area contributed by atoms with Gasteiger partial charge in [-0.1, -0.05) is 11.6 Å². The van der Waals surface area contributed by atoms with Gasteiger partial charge >= 0.3 is 0 Å². The molecule has 0 aliphatic rings. The van der Waals surface area contributed by atoms with Crippen LogP contribution >= 0.6 is 11.6 Å². The molecule has 0 atom stereocenters. The molecule has 1 aromatic rings. The van der Waals surface area contributed by atoms with E-state index in [1.807, 2.05) is 0 Å². The summed E-state index contributed by atoms with van der Waals surface area (Å²) in [6.07, 6.45) is -1.45. The Morgan fingerprint density at radius 3 is 2.71 bits per heavy atom. The maximum atomic E-state index is 12.6. The van der Waals surface area contributed by atoms with Gasteiger partial charge in [-0.3, -0.25) is 0 Å². The number of nitrogens with two attached hydrogens (primary N) is 1. The van der Waals surface area contributed by atoms with Crippen molar-refractivity contribution >= 4 is 11.6 Å². The molecule has 0 bridgehead atoms. The number of aromatic nitrogens is 1. The lowest BCUT2D eigenvalue weighted by Crippen LogP contribution is -2.06. The van der Waals surface area contributed by atoms with E-state index in [9.17, 15) is 8.78 Å². The molecule has 0 aromatic carbocycles. The number of ether oxygens (including phenoxy) is 1. The minimum atomic E-state index is -2.68. The van der Waals surface area contributed by atoms with Gasteiger partial charge in [-0.15, -0.1) is 0 Å². The summed E-state index contributed by atoms with van der Waals surface area (Å²) < 4.78 is 30.0. The molecule has 6 heteroatoms. The van der Waals surface area contributed by atoms with E-state index in [0.717, 1.165) is 0 Å². The Kier molecular flexibility index (Phi) is 3.60. The minimum Gasteiger partial charge on any atom is -0.493 e. The fourth-order valence-electron chi connectivity index (χ4n) is 1.12. The number of hydrogen-bond acceptors (Lipinski definition) is 3. The second-order valence-electron chi connectivity index (χ2n) is 2.53. The highest BCUT2D eigenvalue weighted by molar-refractivity contribution is 6.31. The number of rotatable bonds is 3. The van der Waals surface area contributed by atoms with E-state index in [4.69, 9.17) is 22.1 Å². The molecule has 0 unspecified atom stereocenters. The van der Waals surface area contributed by atoms with Crippen molar-refractivity contribution < 1.29 is 13.5 Å². The smallest absolute Gasteiger partial charge is 0.267 e. The maximum Gasteiger partial charge on any atom is 0.267 e. The number of alkyl halides is 2. The van der Waals surface area contributed by atoms with E-state index in [1.165, 1.54) is 13.3 Å². The number of halogens is 3. The SMILES string of the molecule is COc1c(Cl)ncc(CN)c1C(F)F. The summed E-state index contributed by atoms with van der Waals surface area (Å²) in [5.41, 5.74) is 5.24. The molecule has 1 heterocycles. The van der Waals surface area contributed by atoms with Crippen LogP contribution in [0, 0.1) is 0 Å². The second kappa shape index (κ2) is 4.52. The first kappa shape index (κ1) is 11.1. The Balaban J connectivity index is 3.36. The van der Waals surface area contributed by atoms with Gasteiger partial charge in [0, 0.05) is 12.7 Å². The Labute approximate surface area is 84.8 Å². The molecule has 0 aliphatic carbocycles. The zero-order valence-corrected chi connectivity index (χ0v) is 8.18. The standard InChI is InChI=1S/C8H9ClF2N2O/c1-14-6-5(8(10)11)4(2-12)3-13-7(6)9/h3,8H,2,12H2,1H3. The van der Waals surface area contributed by atoms with Crippen LogP contribution in [0.4, 0.5) is 8.78 Å². The number of pyridine rings is 1. The first-order chi connectivity index (χ1) is 6.61. The molecule has 3 nitrogen and oxygen atoms in total. The highest BCUT2D eigenvalue weighted by Gasteiger charge is 2.21. The van der Waals surface area contributed by atoms with Crippen molar-refractivity contribution in [3.63, 3.8) is 0 Å². The summed E-state index contributed by atoms with van der Waals surface area (Å²) in [6.45, 7) is -0.0276. The molecule has 1 rings (SSSR count). The van der Waals surface area contributed by atoms with Gasteiger partial charge in [-0.05, 0) is 5.56 Å². The molecule has 0 saturated carbocycles. The van der Waals surface area contributed by atoms with E-state index in [2.05, 4.69) is 4.98 Å². The molecular weight excluding hydrogens is 214 g/mol. The van der Waals surface area contributed by atoms with Crippen LogP contribution in [0.3, 0.4) is 0 Å². The predicted molar refractivity (Wildman–Crippen MR) is 48.6 cm³/mol. The van der Waals surface area contributed by atoms with Gasteiger partial charge in [0.2, 0.25) is 0 Å². The Bertz CT molecular complexity index is 333. The molecule has 2 N–H and O–H groups in total. The van der Waals surface area contributed by atoms with E-state index in [1.54, 1.807) is 0 Å². The first-order valence-corrected chi connectivity index (χ1v) is 4.19. The van der Waals surface area contributed by atoms with Crippen LogP contribution in [-0.4, -0.2) is 12.1 Å². The van der Waals surface area contributed by atoms with Gasteiger partial charge in [-0.25, -0.2) is 13.8 Å². The summed E-state index contributed by atoms with van der Waals surface area (Å²) >= 11 is 5.59. The normalized spacial score (nSPS) is 10.7. The minimum absolute atomic E-state index is 0.0276. The van der Waals surface area contributed by atoms with Crippen LogP contribution in [0.15, 0.2) is 6.20 Å². The lowest BCUT2D eigenvalue weighted by atomic mass is 10.1. The third-order valence-corrected chi connectivity index (χ3v) is 2.02. The van der Waals surface area contributed by atoms with Crippen LogP contribution < -0.4 is 10.5 Å². The van der Waals surface area contributed by atoms with Crippen LogP contribution in [0.1, 0.15) is 17.6 Å². The van der Waals surface area contributed by atoms with Crippen molar-refractivity contribution in [1.82, 2.24) is 4.98 Å². The summed E-state index contributed by atoms with van der Waals surface area (Å²) in [4.78, 5) is 3.69. The number of hydrogen-bond donors (Lipinski definition) is 1. The van der Waals surface area contributed by atoms with Crippen molar-refractivity contribution in [3.8, 4) is 5.75 Å². The molecule has 0 aliphatic heterocycles. The second-order valence-corrected chi connectivity index (χ2v) is 2.88. The fraction of sp³-hybridized carbons (Fsp3) is 0.375. The van der Waals surface area contributed by atoms with Gasteiger partial charge in [-0.2, -0.15) is 0 Å². The fourth-order valence-corrected chi connectivity index (χ4v) is 1.34. The quantitative estimate of drug-likeness (QED) is 0.798. The topological polar surface area (TPSA) is 48.1 Å². The molecule has 0 radical (unpaired) electrons. The Hall–Kier alpha value is -0.940. The van der Waals surface area contributed by atoms with Crippen molar-refractivity contribution in [2.75, 3.05) is 7.11 Å². The molecular formula is C8H9ClF2N2O. The van der Waals surface area contributed by atoms with E-state index < -0.39 is 6.43 Å². The molecule has 14 heavy (non-hydrogen) atoms. The van der Waals surface area contributed by atoms with Crippen LogP contribution in [-0.2, 0) is 6.54 Å². The van der Waals surface area contributed by atoms with Crippen molar-refractivity contribution in [2.45, 2.75) is 13.0 Å². The van der Waals surface area contributed by atoms with Crippen LogP contribution in [0.2, 0.25) is 5.15 Å². The predicted octanol–water partition coefficient (Wildman–Crippen LogP) is 2.14. The number of nitrogens with zero attached hydrogens (tertiary/aromatic N) is 1. The summed E-state index contributed by atoms with van der Waals surface area (Å²) in [7, 11) is 1.26. The highest BCUT2D eigenvalue weighted by atomic mass is 35.5. The third-order valence-electron chi connectivity index (χ3n) is 1.75. The molecule has 0 amide bonds. The van der Waals surface area contributed by atoms with E-state index in [-0.39, 0.29) is 28.6 Å². The maximum absolute atomic E-state index is 12.6. The van der Waals surface area contributed by atoms with E-state index >= 15 is 0 Å². The lowest BCUT2D eigenvalue weighted by Gasteiger charge is -2.12. The molecule has 0 saturated heterocycles. The number of methoxy groups -OCH3 is 1. The van der Waals surface area contributed by atoms with Crippen LogP contribution in [0.25, 0.3) is 0 Å². The first-order valence-electron chi connectivity index (χ1n) is 3.81. The molecule has 1 aromatic heterocycles. The van der Waals surface area contributed by atoms with Crippen LogP contribution in [0.5, 0.6) is 5.75 Å². The average molecular weight is 223 g/mol. The van der Waals surface area contributed by atoms with Gasteiger partial charge in [0.05, 0.1) is 12.7 Å². The monoisotopic (exact) mass is 222 g/mol. The molecule has 0 spiro atoms. The zero-order chi connectivity index (χ0) is 10.7. The Morgan fingerprint density at radius 2 is 2.29 bits per heavy atom. The van der Waals surface area contributed by atoms with Gasteiger partial charge < -0.3 is 10.5 Å². The van der Waals surface area contributed by atoms with Gasteiger partial charge in [0.1, 0.15) is 0 Å². The highest BCUT2D eigenvalue weighted by Crippen LogP contribution is 2.35. The largest absolute Gasteiger partial charge is 0.493 e. The van der Waals surface area contributed by atoms with Crippen molar-refractivity contribution in [1.29, 1.82) is 0 Å².